The Morgan fingerprint density at radius 2 is 0.556 bits per heavy atom. The van der Waals surface area contributed by atoms with E-state index in [9.17, 15) is 14.4 Å². The molecule has 0 heterocycles. The topological polar surface area (TPSA) is 78.9 Å². The Bertz CT molecular complexity index is 966. The van der Waals surface area contributed by atoms with Gasteiger partial charge < -0.3 is 14.2 Å². The minimum atomic E-state index is -0.763. The lowest BCUT2D eigenvalue weighted by Gasteiger charge is -2.18. The summed E-state index contributed by atoms with van der Waals surface area (Å²) in [5.41, 5.74) is 0. The van der Waals surface area contributed by atoms with Gasteiger partial charge in [-0.15, -0.1) is 0 Å². The number of carbonyl (C=O) groups is 3. The number of unbranched alkanes of at least 4 members (excludes halogenated alkanes) is 34. The van der Waals surface area contributed by atoms with Crippen molar-refractivity contribution in [2.75, 3.05) is 13.2 Å². The standard InChI is InChI=1S/C57H110O6/c1-6-9-10-11-12-13-14-15-16-17-18-22-25-28-31-37-42-47-55(58)61-50-54(51-62-56(59)48-43-38-34-33-36-41-46-53(5)8-3)63-57(60)49-44-39-32-29-26-23-20-19-21-24-27-30-35-40-45-52(4)7-2/h52-54H,6-51H2,1-5H3/t52?,53?,54-/m1/s1. The first-order valence-corrected chi connectivity index (χ1v) is 28.3. The Hall–Kier alpha value is -1.59. The van der Waals surface area contributed by atoms with Gasteiger partial charge in [-0.2, -0.15) is 0 Å². The molecule has 0 rings (SSSR count). The lowest BCUT2D eigenvalue weighted by Crippen LogP contribution is -2.30. The summed E-state index contributed by atoms with van der Waals surface area (Å²) in [6.45, 7) is 11.4. The highest BCUT2D eigenvalue weighted by molar-refractivity contribution is 5.71. The molecule has 0 aliphatic heterocycles. The Morgan fingerprint density at radius 3 is 0.825 bits per heavy atom. The van der Waals surface area contributed by atoms with Crippen molar-refractivity contribution in [1.29, 1.82) is 0 Å². The van der Waals surface area contributed by atoms with Crippen LogP contribution in [-0.2, 0) is 28.6 Å². The molecule has 6 heteroatoms. The normalized spacial score (nSPS) is 12.9. The predicted octanol–water partition coefficient (Wildman–Crippen LogP) is 18.5. The van der Waals surface area contributed by atoms with Crippen LogP contribution in [0, 0.1) is 11.8 Å². The molecule has 0 fully saturated rings. The maximum Gasteiger partial charge on any atom is 0.306 e. The van der Waals surface area contributed by atoms with E-state index in [0.717, 1.165) is 69.6 Å². The molecule has 0 aliphatic rings. The van der Waals surface area contributed by atoms with Crippen molar-refractivity contribution < 1.29 is 28.6 Å². The molecule has 374 valence electrons. The van der Waals surface area contributed by atoms with Crippen molar-refractivity contribution in [2.45, 2.75) is 323 Å². The Kier molecular flexibility index (Phi) is 48.6. The number of rotatable bonds is 51. The zero-order valence-electron chi connectivity index (χ0n) is 43.2. The van der Waals surface area contributed by atoms with Gasteiger partial charge in [0.1, 0.15) is 13.2 Å². The molecule has 0 aliphatic carbocycles. The predicted molar refractivity (Wildman–Crippen MR) is 270 cm³/mol. The molecule has 2 unspecified atom stereocenters. The van der Waals surface area contributed by atoms with Crippen LogP contribution in [0.3, 0.4) is 0 Å². The van der Waals surface area contributed by atoms with Crippen LogP contribution in [-0.4, -0.2) is 37.2 Å². The number of hydrogen-bond donors (Lipinski definition) is 0. The molecule has 0 saturated heterocycles. The van der Waals surface area contributed by atoms with Crippen molar-refractivity contribution in [3.8, 4) is 0 Å². The third-order valence-electron chi connectivity index (χ3n) is 13.7. The minimum Gasteiger partial charge on any atom is -0.462 e. The van der Waals surface area contributed by atoms with Gasteiger partial charge in [0, 0.05) is 19.3 Å². The van der Waals surface area contributed by atoms with E-state index < -0.39 is 6.10 Å². The van der Waals surface area contributed by atoms with Gasteiger partial charge in [0.25, 0.3) is 0 Å². The summed E-state index contributed by atoms with van der Waals surface area (Å²) in [6.07, 6.45) is 52.3. The molecule has 6 nitrogen and oxygen atoms in total. The van der Waals surface area contributed by atoms with Crippen LogP contribution in [0.5, 0.6) is 0 Å². The third-order valence-corrected chi connectivity index (χ3v) is 13.7. The van der Waals surface area contributed by atoms with Crippen LogP contribution in [0.2, 0.25) is 0 Å². The summed E-state index contributed by atoms with van der Waals surface area (Å²) in [6, 6.07) is 0. The average Bonchev–Trinajstić information content (AvgIpc) is 3.28. The van der Waals surface area contributed by atoms with Crippen molar-refractivity contribution in [2.24, 2.45) is 11.8 Å². The number of carbonyl (C=O) groups excluding carboxylic acids is 3. The monoisotopic (exact) mass is 891 g/mol. The fourth-order valence-electron chi connectivity index (χ4n) is 8.63. The molecule has 0 bridgehead atoms. The molecule has 0 aromatic carbocycles. The second-order valence-electron chi connectivity index (χ2n) is 20.1. The Balaban J connectivity index is 4.26. The maximum absolute atomic E-state index is 12.8. The summed E-state index contributed by atoms with van der Waals surface area (Å²) in [7, 11) is 0. The largest absolute Gasteiger partial charge is 0.462 e. The van der Waals surface area contributed by atoms with E-state index in [0.29, 0.717) is 19.3 Å². The van der Waals surface area contributed by atoms with Gasteiger partial charge >= 0.3 is 17.9 Å². The zero-order chi connectivity index (χ0) is 46.1. The highest BCUT2D eigenvalue weighted by Crippen LogP contribution is 2.19. The second kappa shape index (κ2) is 49.8. The van der Waals surface area contributed by atoms with Crippen molar-refractivity contribution in [3.05, 3.63) is 0 Å². The van der Waals surface area contributed by atoms with E-state index >= 15 is 0 Å². The molecular formula is C57H110O6. The van der Waals surface area contributed by atoms with Crippen molar-refractivity contribution in [1.82, 2.24) is 0 Å². The van der Waals surface area contributed by atoms with Crippen molar-refractivity contribution in [3.63, 3.8) is 0 Å². The lowest BCUT2D eigenvalue weighted by molar-refractivity contribution is -0.167. The van der Waals surface area contributed by atoms with Crippen molar-refractivity contribution >= 4 is 17.9 Å². The van der Waals surface area contributed by atoms with Crippen LogP contribution in [0.1, 0.15) is 317 Å². The maximum atomic E-state index is 12.8. The molecule has 63 heavy (non-hydrogen) atoms. The quantitative estimate of drug-likeness (QED) is 0.0344. The van der Waals surface area contributed by atoms with Gasteiger partial charge in [0.05, 0.1) is 0 Å². The number of ether oxygens (including phenoxy) is 3. The highest BCUT2D eigenvalue weighted by atomic mass is 16.6. The molecule has 0 spiro atoms. The van der Waals surface area contributed by atoms with E-state index in [1.54, 1.807) is 0 Å². The molecule has 0 N–H and O–H groups in total. The van der Waals surface area contributed by atoms with E-state index in [-0.39, 0.29) is 31.1 Å². The SMILES string of the molecule is CCCCCCCCCCCCCCCCCCCC(=O)OC[C@H](COC(=O)CCCCCCCCC(C)CC)OC(=O)CCCCCCCCCCCCCCCCC(C)CC. The smallest absolute Gasteiger partial charge is 0.306 e. The van der Waals surface area contributed by atoms with Crippen LogP contribution in [0.4, 0.5) is 0 Å². The minimum absolute atomic E-state index is 0.0636. The van der Waals surface area contributed by atoms with Gasteiger partial charge in [-0.25, -0.2) is 0 Å². The summed E-state index contributed by atoms with van der Waals surface area (Å²) in [5.74, 6) is 0.863. The van der Waals surface area contributed by atoms with Crippen LogP contribution in [0.15, 0.2) is 0 Å². The molecule has 3 atom stereocenters. The van der Waals surface area contributed by atoms with E-state index in [2.05, 4.69) is 34.6 Å². The molecular weight excluding hydrogens is 781 g/mol. The Morgan fingerprint density at radius 1 is 0.317 bits per heavy atom. The average molecular weight is 892 g/mol. The summed E-state index contributed by atoms with van der Waals surface area (Å²) in [5, 5.41) is 0. The molecule has 0 saturated carbocycles. The van der Waals surface area contributed by atoms with Gasteiger partial charge in [0.15, 0.2) is 6.10 Å². The van der Waals surface area contributed by atoms with Gasteiger partial charge in [0.2, 0.25) is 0 Å². The van der Waals surface area contributed by atoms with Crippen LogP contribution >= 0.6 is 0 Å². The molecule has 0 aromatic rings. The van der Waals surface area contributed by atoms with Crippen LogP contribution in [0.25, 0.3) is 0 Å². The summed E-state index contributed by atoms with van der Waals surface area (Å²) in [4.78, 5) is 38.0. The fraction of sp³-hybridized carbons (Fsp3) is 0.947. The van der Waals surface area contributed by atoms with Gasteiger partial charge in [-0.1, -0.05) is 279 Å². The molecule has 0 radical (unpaired) electrons. The first kappa shape index (κ1) is 61.4. The first-order valence-electron chi connectivity index (χ1n) is 28.3. The third kappa shape index (κ3) is 48.2. The lowest BCUT2D eigenvalue weighted by atomic mass is 9.99. The zero-order valence-corrected chi connectivity index (χ0v) is 43.2. The number of hydrogen-bond acceptors (Lipinski definition) is 6. The first-order chi connectivity index (χ1) is 30.8. The van der Waals surface area contributed by atoms with Crippen LogP contribution < -0.4 is 0 Å². The summed E-state index contributed by atoms with van der Waals surface area (Å²) >= 11 is 0. The van der Waals surface area contributed by atoms with E-state index in [4.69, 9.17) is 14.2 Å². The summed E-state index contributed by atoms with van der Waals surface area (Å²) < 4.78 is 16.9. The highest BCUT2D eigenvalue weighted by Gasteiger charge is 2.19. The fourth-order valence-corrected chi connectivity index (χ4v) is 8.63. The molecule has 0 amide bonds. The van der Waals surface area contributed by atoms with E-state index in [1.807, 2.05) is 0 Å². The molecule has 0 aromatic heterocycles. The second-order valence-corrected chi connectivity index (χ2v) is 20.1. The van der Waals surface area contributed by atoms with Gasteiger partial charge in [-0.05, 0) is 31.1 Å². The Labute approximate surface area is 393 Å². The number of esters is 3. The van der Waals surface area contributed by atoms with Gasteiger partial charge in [-0.3, -0.25) is 14.4 Å². The van der Waals surface area contributed by atoms with E-state index in [1.165, 1.54) is 205 Å².